The van der Waals surface area contributed by atoms with E-state index in [1.807, 2.05) is 7.05 Å². The zero-order valence-electron chi connectivity index (χ0n) is 9.23. The molecule has 1 fully saturated rings. The van der Waals surface area contributed by atoms with Crippen LogP contribution in [-0.2, 0) is 7.05 Å². The standard InChI is InChI=1S/C11H17N3O/c1-8-7-12-5-3-9(8)11(15)10-4-6-13-14(10)2/h4,6,8-9,12H,3,5,7H2,1-2H3. The highest BCUT2D eigenvalue weighted by molar-refractivity contribution is 5.96. The first-order valence-corrected chi connectivity index (χ1v) is 5.43. The molecule has 4 heteroatoms. The van der Waals surface area contributed by atoms with Crippen molar-refractivity contribution in [1.82, 2.24) is 15.1 Å². The van der Waals surface area contributed by atoms with Crippen molar-refractivity contribution in [2.24, 2.45) is 18.9 Å². The molecular weight excluding hydrogens is 190 g/mol. The van der Waals surface area contributed by atoms with Crippen LogP contribution in [0.15, 0.2) is 12.3 Å². The smallest absolute Gasteiger partial charge is 0.184 e. The lowest BCUT2D eigenvalue weighted by atomic mass is 9.83. The fourth-order valence-corrected chi connectivity index (χ4v) is 2.21. The van der Waals surface area contributed by atoms with Crippen LogP contribution in [0.25, 0.3) is 0 Å². The Morgan fingerprint density at radius 3 is 3.07 bits per heavy atom. The van der Waals surface area contributed by atoms with Crippen LogP contribution in [0.2, 0.25) is 0 Å². The summed E-state index contributed by atoms with van der Waals surface area (Å²) in [5.74, 6) is 0.812. The number of nitrogens with one attached hydrogen (secondary N) is 1. The van der Waals surface area contributed by atoms with E-state index in [0.717, 1.165) is 25.2 Å². The number of aromatic nitrogens is 2. The Hall–Kier alpha value is -1.16. The summed E-state index contributed by atoms with van der Waals surface area (Å²) < 4.78 is 1.66. The summed E-state index contributed by atoms with van der Waals surface area (Å²) in [5, 5.41) is 7.34. The van der Waals surface area contributed by atoms with Crippen molar-refractivity contribution in [2.45, 2.75) is 13.3 Å². The molecule has 2 unspecified atom stereocenters. The Bertz CT molecular complexity index is 358. The first kappa shape index (κ1) is 10.4. The van der Waals surface area contributed by atoms with Gasteiger partial charge >= 0.3 is 0 Å². The lowest BCUT2D eigenvalue weighted by Gasteiger charge is -2.28. The second-order valence-corrected chi connectivity index (χ2v) is 4.28. The highest BCUT2D eigenvalue weighted by Crippen LogP contribution is 2.22. The molecule has 1 aromatic heterocycles. The maximum atomic E-state index is 12.2. The normalized spacial score (nSPS) is 26.5. The van der Waals surface area contributed by atoms with Gasteiger partial charge in [0.05, 0.1) is 0 Å². The van der Waals surface area contributed by atoms with E-state index in [1.165, 1.54) is 0 Å². The van der Waals surface area contributed by atoms with E-state index in [1.54, 1.807) is 16.9 Å². The van der Waals surface area contributed by atoms with E-state index in [4.69, 9.17) is 0 Å². The van der Waals surface area contributed by atoms with Crippen LogP contribution >= 0.6 is 0 Å². The Morgan fingerprint density at radius 1 is 1.67 bits per heavy atom. The number of carbonyl (C=O) groups is 1. The van der Waals surface area contributed by atoms with Crippen LogP contribution < -0.4 is 5.32 Å². The molecule has 0 radical (unpaired) electrons. The maximum absolute atomic E-state index is 12.2. The number of piperidine rings is 1. The molecule has 1 saturated heterocycles. The monoisotopic (exact) mass is 207 g/mol. The second kappa shape index (κ2) is 4.14. The highest BCUT2D eigenvalue weighted by Gasteiger charge is 2.29. The third-order valence-electron chi connectivity index (χ3n) is 3.20. The number of hydrogen-bond donors (Lipinski definition) is 1. The predicted molar refractivity (Wildman–Crippen MR) is 57.7 cm³/mol. The van der Waals surface area contributed by atoms with Gasteiger partial charge in [0.2, 0.25) is 0 Å². The van der Waals surface area contributed by atoms with Gasteiger partial charge in [0.1, 0.15) is 5.69 Å². The SMILES string of the molecule is CC1CNCCC1C(=O)c1ccnn1C. The van der Waals surface area contributed by atoms with E-state index in [9.17, 15) is 4.79 Å². The van der Waals surface area contributed by atoms with Crippen molar-refractivity contribution in [3.05, 3.63) is 18.0 Å². The Labute approximate surface area is 89.7 Å². The molecule has 4 nitrogen and oxygen atoms in total. The lowest BCUT2D eigenvalue weighted by Crippen LogP contribution is -2.39. The highest BCUT2D eigenvalue weighted by atomic mass is 16.1. The minimum absolute atomic E-state index is 0.154. The average molecular weight is 207 g/mol. The first-order valence-electron chi connectivity index (χ1n) is 5.43. The molecule has 1 aliphatic rings. The van der Waals surface area contributed by atoms with Gasteiger partial charge in [-0.25, -0.2) is 0 Å². The number of hydrogen-bond acceptors (Lipinski definition) is 3. The van der Waals surface area contributed by atoms with Gasteiger partial charge in [0, 0.05) is 19.2 Å². The summed E-state index contributed by atoms with van der Waals surface area (Å²) in [6.45, 7) is 4.01. The fraction of sp³-hybridized carbons (Fsp3) is 0.636. The van der Waals surface area contributed by atoms with Gasteiger partial charge < -0.3 is 5.32 Å². The molecule has 2 rings (SSSR count). The molecule has 0 aromatic carbocycles. The molecule has 1 N–H and O–H groups in total. The average Bonchev–Trinajstić information content (AvgIpc) is 2.64. The first-order chi connectivity index (χ1) is 7.20. The summed E-state index contributed by atoms with van der Waals surface area (Å²) in [4.78, 5) is 12.2. The molecular formula is C11H17N3O. The van der Waals surface area contributed by atoms with Gasteiger partial charge in [-0.2, -0.15) is 5.10 Å². The number of ketones is 1. The number of aryl methyl sites for hydroxylation is 1. The number of rotatable bonds is 2. The van der Waals surface area contributed by atoms with Gasteiger partial charge in [0.25, 0.3) is 0 Å². The van der Waals surface area contributed by atoms with E-state index in [-0.39, 0.29) is 11.7 Å². The van der Waals surface area contributed by atoms with Crippen molar-refractivity contribution in [3.8, 4) is 0 Å². The summed E-state index contributed by atoms with van der Waals surface area (Å²) >= 11 is 0. The van der Waals surface area contributed by atoms with Crippen LogP contribution in [0, 0.1) is 11.8 Å². The zero-order valence-corrected chi connectivity index (χ0v) is 9.23. The summed E-state index contributed by atoms with van der Waals surface area (Å²) in [5.41, 5.74) is 0.730. The van der Waals surface area contributed by atoms with E-state index < -0.39 is 0 Å². The molecule has 15 heavy (non-hydrogen) atoms. The van der Waals surface area contributed by atoms with Crippen LogP contribution in [0.3, 0.4) is 0 Å². The van der Waals surface area contributed by atoms with E-state index in [0.29, 0.717) is 5.92 Å². The summed E-state index contributed by atoms with van der Waals surface area (Å²) in [7, 11) is 1.82. The largest absolute Gasteiger partial charge is 0.316 e. The molecule has 0 aliphatic carbocycles. The van der Waals surface area contributed by atoms with Crippen molar-refractivity contribution in [2.75, 3.05) is 13.1 Å². The Balaban J connectivity index is 2.17. The van der Waals surface area contributed by atoms with E-state index >= 15 is 0 Å². The minimum atomic E-state index is 0.154. The quantitative estimate of drug-likeness (QED) is 0.731. The number of carbonyl (C=O) groups excluding carboxylic acids is 1. The number of Topliss-reactive ketones (excluding diaryl/α,β-unsaturated/α-hetero) is 1. The lowest BCUT2D eigenvalue weighted by molar-refractivity contribution is 0.0838. The van der Waals surface area contributed by atoms with Gasteiger partial charge in [-0.3, -0.25) is 9.48 Å². The molecule has 1 aromatic rings. The van der Waals surface area contributed by atoms with Crippen LogP contribution in [-0.4, -0.2) is 28.7 Å². The van der Waals surface area contributed by atoms with Gasteiger partial charge in [-0.15, -0.1) is 0 Å². The molecule has 2 heterocycles. The van der Waals surface area contributed by atoms with Gasteiger partial charge in [-0.05, 0) is 31.5 Å². The van der Waals surface area contributed by atoms with Gasteiger partial charge in [-0.1, -0.05) is 6.92 Å². The molecule has 0 bridgehead atoms. The van der Waals surface area contributed by atoms with Crippen molar-refractivity contribution in [3.63, 3.8) is 0 Å². The minimum Gasteiger partial charge on any atom is -0.316 e. The Morgan fingerprint density at radius 2 is 2.47 bits per heavy atom. The summed E-state index contributed by atoms with van der Waals surface area (Å²) in [6.07, 6.45) is 2.62. The fourth-order valence-electron chi connectivity index (χ4n) is 2.21. The molecule has 2 atom stereocenters. The third kappa shape index (κ3) is 1.95. The molecule has 0 amide bonds. The van der Waals surface area contributed by atoms with Crippen molar-refractivity contribution >= 4 is 5.78 Å². The van der Waals surface area contributed by atoms with Gasteiger partial charge in [0.15, 0.2) is 5.78 Å². The van der Waals surface area contributed by atoms with E-state index in [2.05, 4.69) is 17.3 Å². The number of nitrogens with zero attached hydrogens (tertiary/aromatic N) is 2. The zero-order chi connectivity index (χ0) is 10.8. The summed E-state index contributed by atoms with van der Waals surface area (Å²) in [6, 6.07) is 1.80. The molecule has 1 aliphatic heterocycles. The van der Waals surface area contributed by atoms with Crippen LogP contribution in [0.1, 0.15) is 23.8 Å². The van der Waals surface area contributed by atoms with Crippen molar-refractivity contribution < 1.29 is 4.79 Å². The Kier molecular flexibility index (Phi) is 2.86. The molecule has 0 spiro atoms. The maximum Gasteiger partial charge on any atom is 0.184 e. The third-order valence-corrected chi connectivity index (χ3v) is 3.20. The molecule has 82 valence electrons. The second-order valence-electron chi connectivity index (χ2n) is 4.28. The topological polar surface area (TPSA) is 46.9 Å². The predicted octanol–water partition coefficient (Wildman–Crippen LogP) is 0.848. The van der Waals surface area contributed by atoms with Crippen molar-refractivity contribution in [1.29, 1.82) is 0 Å². The van der Waals surface area contributed by atoms with Crippen LogP contribution in [0.4, 0.5) is 0 Å². The molecule has 0 saturated carbocycles. The van der Waals surface area contributed by atoms with Crippen LogP contribution in [0.5, 0.6) is 0 Å².